The van der Waals surface area contributed by atoms with Crippen LogP contribution in [-0.4, -0.2) is 11.0 Å². The van der Waals surface area contributed by atoms with Crippen molar-refractivity contribution < 1.29 is 0 Å². The van der Waals surface area contributed by atoms with Gasteiger partial charge in [0.05, 0.1) is 0 Å². The lowest BCUT2D eigenvalue weighted by Gasteiger charge is -2.30. The largest absolute Gasteiger partial charge is 0.389 e. The van der Waals surface area contributed by atoms with Crippen LogP contribution in [0.4, 0.5) is 5.69 Å². The van der Waals surface area contributed by atoms with Gasteiger partial charge in [0.15, 0.2) is 0 Å². The van der Waals surface area contributed by atoms with E-state index < -0.39 is 0 Å². The smallest absolute Gasteiger partial charge is 0.106 e. The fraction of sp³-hybridized carbons (Fsp3) is 0.533. The molecule has 1 fully saturated rings. The van der Waals surface area contributed by atoms with Crippen LogP contribution in [0.25, 0.3) is 0 Å². The Morgan fingerprint density at radius 1 is 1.47 bits per heavy atom. The van der Waals surface area contributed by atoms with Gasteiger partial charge < -0.3 is 11.1 Å². The summed E-state index contributed by atoms with van der Waals surface area (Å²) in [5, 5.41) is 4.30. The summed E-state index contributed by atoms with van der Waals surface area (Å²) < 4.78 is 0. The Hall–Kier alpha value is -0.800. The maximum atomic E-state index is 6.07. The van der Waals surface area contributed by atoms with Gasteiger partial charge in [-0.15, -0.1) is 0 Å². The van der Waals surface area contributed by atoms with E-state index in [4.69, 9.17) is 29.6 Å². The van der Waals surface area contributed by atoms with E-state index in [1.807, 2.05) is 18.2 Å². The molecule has 1 aliphatic carbocycles. The molecular formula is C15H21ClN2S. The molecule has 2 rings (SSSR count). The molecular weight excluding hydrogens is 276 g/mol. The number of halogens is 1. The number of nitrogens with one attached hydrogen (secondary N) is 1. The molecule has 1 saturated carbocycles. The normalized spacial score (nSPS) is 23.1. The fourth-order valence-corrected chi connectivity index (χ4v) is 3.21. The molecule has 4 heteroatoms. The lowest BCUT2D eigenvalue weighted by atomic mass is 9.84. The van der Waals surface area contributed by atoms with Gasteiger partial charge in [-0.05, 0) is 37.0 Å². The highest BCUT2D eigenvalue weighted by molar-refractivity contribution is 7.80. The van der Waals surface area contributed by atoms with Crippen LogP contribution in [0.2, 0.25) is 5.02 Å². The molecule has 1 aromatic rings. The molecule has 104 valence electrons. The Morgan fingerprint density at radius 2 is 2.26 bits per heavy atom. The highest BCUT2D eigenvalue weighted by atomic mass is 35.5. The first kappa shape index (κ1) is 14.6. The molecule has 0 heterocycles. The van der Waals surface area contributed by atoms with Gasteiger partial charge in [0, 0.05) is 22.3 Å². The van der Waals surface area contributed by atoms with E-state index in [0.717, 1.165) is 17.2 Å². The van der Waals surface area contributed by atoms with E-state index in [9.17, 15) is 0 Å². The summed E-state index contributed by atoms with van der Waals surface area (Å²) in [6, 6.07) is 6.15. The van der Waals surface area contributed by atoms with Crippen molar-refractivity contribution in [2.75, 3.05) is 5.32 Å². The first-order chi connectivity index (χ1) is 9.10. The Morgan fingerprint density at radius 3 is 2.95 bits per heavy atom. The standard InChI is InChI=1S/C15H21ClN2S/c1-2-10-4-3-5-12(8-10)18-14-9-11(16)6-7-13(14)15(17)19/h6-7,9-10,12,18H,2-5,8H2,1H3,(H2,17,19). The van der Waals surface area contributed by atoms with E-state index in [-0.39, 0.29) is 0 Å². The average Bonchev–Trinajstić information content (AvgIpc) is 2.38. The van der Waals surface area contributed by atoms with Crippen molar-refractivity contribution in [1.82, 2.24) is 0 Å². The minimum atomic E-state index is 0.419. The number of rotatable bonds is 4. The molecule has 0 radical (unpaired) electrons. The van der Waals surface area contributed by atoms with Gasteiger partial charge in [0.25, 0.3) is 0 Å². The van der Waals surface area contributed by atoms with Crippen molar-refractivity contribution >= 4 is 34.5 Å². The van der Waals surface area contributed by atoms with Crippen LogP contribution >= 0.6 is 23.8 Å². The van der Waals surface area contributed by atoms with Gasteiger partial charge in [-0.25, -0.2) is 0 Å². The molecule has 2 atom stereocenters. The zero-order valence-electron chi connectivity index (χ0n) is 11.3. The topological polar surface area (TPSA) is 38.0 Å². The van der Waals surface area contributed by atoms with Crippen LogP contribution in [0.3, 0.4) is 0 Å². The van der Waals surface area contributed by atoms with Crippen LogP contribution in [0.15, 0.2) is 18.2 Å². The van der Waals surface area contributed by atoms with Gasteiger partial charge in [-0.1, -0.05) is 50.0 Å². The van der Waals surface area contributed by atoms with Gasteiger partial charge in [0.2, 0.25) is 0 Å². The second-order valence-electron chi connectivity index (χ2n) is 5.34. The Kier molecular flexibility index (Phi) is 5.06. The SMILES string of the molecule is CCC1CCCC(Nc2cc(Cl)ccc2C(N)=S)C1. The molecule has 19 heavy (non-hydrogen) atoms. The van der Waals surface area contributed by atoms with E-state index in [1.54, 1.807) is 0 Å². The first-order valence-corrected chi connectivity index (χ1v) is 7.74. The van der Waals surface area contributed by atoms with Gasteiger partial charge >= 0.3 is 0 Å². The number of anilines is 1. The van der Waals surface area contributed by atoms with E-state index in [0.29, 0.717) is 16.1 Å². The fourth-order valence-electron chi connectivity index (χ4n) is 2.86. The average molecular weight is 297 g/mol. The van der Waals surface area contributed by atoms with Gasteiger partial charge in [-0.3, -0.25) is 0 Å². The summed E-state index contributed by atoms with van der Waals surface area (Å²) in [6.45, 7) is 2.27. The number of nitrogens with two attached hydrogens (primary N) is 1. The summed E-state index contributed by atoms with van der Waals surface area (Å²) in [5.74, 6) is 0.832. The predicted octanol–water partition coefficient (Wildman–Crippen LogP) is 4.35. The van der Waals surface area contributed by atoms with Crippen LogP contribution in [0, 0.1) is 5.92 Å². The van der Waals surface area contributed by atoms with Gasteiger partial charge in [0.1, 0.15) is 4.99 Å². The molecule has 0 bridgehead atoms. The van der Waals surface area contributed by atoms with E-state index in [2.05, 4.69) is 12.2 Å². The zero-order chi connectivity index (χ0) is 13.8. The highest BCUT2D eigenvalue weighted by Crippen LogP contribution is 2.30. The summed E-state index contributed by atoms with van der Waals surface area (Å²) in [4.78, 5) is 0.419. The molecule has 2 nitrogen and oxygen atoms in total. The molecule has 0 aromatic heterocycles. The van der Waals surface area contributed by atoms with E-state index in [1.165, 1.54) is 32.1 Å². The molecule has 2 unspecified atom stereocenters. The molecule has 0 amide bonds. The Bertz CT molecular complexity index is 461. The van der Waals surface area contributed by atoms with Crippen molar-refractivity contribution in [2.24, 2.45) is 11.7 Å². The first-order valence-electron chi connectivity index (χ1n) is 6.96. The van der Waals surface area contributed by atoms with Crippen molar-refractivity contribution in [2.45, 2.75) is 45.1 Å². The van der Waals surface area contributed by atoms with Crippen LogP contribution < -0.4 is 11.1 Å². The third-order valence-corrected chi connectivity index (χ3v) is 4.42. The van der Waals surface area contributed by atoms with Crippen LogP contribution in [0.5, 0.6) is 0 Å². The second-order valence-corrected chi connectivity index (χ2v) is 6.21. The second kappa shape index (κ2) is 6.58. The summed E-state index contributed by atoms with van der Waals surface area (Å²) in [5.41, 5.74) is 7.63. The lowest BCUT2D eigenvalue weighted by Crippen LogP contribution is -2.28. The monoisotopic (exact) mass is 296 g/mol. The minimum absolute atomic E-state index is 0.419. The summed E-state index contributed by atoms with van der Waals surface area (Å²) in [7, 11) is 0. The minimum Gasteiger partial charge on any atom is -0.389 e. The number of benzene rings is 1. The molecule has 1 aromatic carbocycles. The molecule has 1 aliphatic rings. The zero-order valence-corrected chi connectivity index (χ0v) is 12.9. The summed E-state index contributed by atoms with van der Waals surface area (Å²) in [6.07, 6.45) is 6.33. The van der Waals surface area contributed by atoms with Crippen LogP contribution in [-0.2, 0) is 0 Å². The highest BCUT2D eigenvalue weighted by Gasteiger charge is 2.21. The number of thiocarbonyl (C=S) groups is 1. The van der Waals surface area contributed by atoms with E-state index >= 15 is 0 Å². The van der Waals surface area contributed by atoms with Gasteiger partial charge in [-0.2, -0.15) is 0 Å². The van der Waals surface area contributed by atoms with Crippen LogP contribution in [0.1, 0.15) is 44.6 Å². The Balaban J connectivity index is 2.13. The molecule has 0 spiro atoms. The molecule has 3 N–H and O–H groups in total. The van der Waals surface area contributed by atoms with Crippen molar-refractivity contribution in [1.29, 1.82) is 0 Å². The van der Waals surface area contributed by atoms with Crippen molar-refractivity contribution in [3.05, 3.63) is 28.8 Å². The summed E-state index contributed by atoms with van der Waals surface area (Å²) >= 11 is 11.2. The lowest BCUT2D eigenvalue weighted by molar-refractivity contribution is 0.327. The third kappa shape index (κ3) is 3.83. The third-order valence-electron chi connectivity index (χ3n) is 3.97. The number of hydrogen-bond acceptors (Lipinski definition) is 2. The quantitative estimate of drug-likeness (QED) is 0.811. The molecule has 0 aliphatic heterocycles. The Labute approximate surface area is 125 Å². The van der Waals surface area contributed by atoms with Crippen molar-refractivity contribution in [3.8, 4) is 0 Å². The maximum Gasteiger partial charge on any atom is 0.106 e. The molecule has 0 saturated heterocycles. The predicted molar refractivity (Wildman–Crippen MR) is 87.0 cm³/mol. The maximum absolute atomic E-state index is 6.07. The number of hydrogen-bond donors (Lipinski definition) is 2. The van der Waals surface area contributed by atoms with Crippen molar-refractivity contribution in [3.63, 3.8) is 0 Å².